The van der Waals surface area contributed by atoms with E-state index in [1.54, 1.807) is 0 Å². The fraction of sp³-hybridized carbons (Fsp3) is 0.222. The number of halogens is 1. The Morgan fingerprint density at radius 3 is 2.66 bits per heavy atom. The predicted octanol–water partition coefficient (Wildman–Crippen LogP) is 4.47. The lowest BCUT2D eigenvalue weighted by Crippen LogP contribution is -2.42. The highest BCUT2D eigenvalue weighted by Gasteiger charge is 2.32. The van der Waals surface area contributed by atoms with Crippen LogP contribution >= 0.6 is 11.6 Å². The van der Waals surface area contributed by atoms with E-state index in [1.807, 2.05) is 73.2 Å². The second-order valence-electron chi connectivity index (χ2n) is 9.14. The number of aromatic nitrogens is 4. The number of fused-ring (bicyclic) bond motifs is 2. The molecule has 0 atom stereocenters. The molecule has 5 aromatic rings. The summed E-state index contributed by atoms with van der Waals surface area (Å²) in [4.78, 5) is 26.1. The van der Waals surface area contributed by atoms with E-state index in [1.165, 1.54) is 0 Å². The van der Waals surface area contributed by atoms with Crippen LogP contribution < -0.4 is 11.1 Å². The van der Waals surface area contributed by atoms with Gasteiger partial charge >= 0.3 is 0 Å². The quantitative estimate of drug-likeness (QED) is 0.316. The Morgan fingerprint density at radius 1 is 1.11 bits per heavy atom. The van der Waals surface area contributed by atoms with Crippen molar-refractivity contribution in [2.24, 2.45) is 5.73 Å². The summed E-state index contributed by atoms with van der Waals surface area (Å²) in [6.45, 7) is 4.54. The zero-order valence-electron chi connectivity index (χ0n) is 19.7. The van der Waals surface area contributed by atoms with E-state index < -0.39 is 5.41 Å². The van der Waals surface area contributed by atoms with Gasteiger partial charge in [0.2, 0.25) is 5.91 Å². The third-order valence-corrected chi connectivity index (χ3v) is 6.57. The second kappa shape index (κ2) is 9.17. The van der Waals surface area contributed by atoms with Crippen molar-refractivity contribution in [3.63, 3.8) is 0 Å². The van der Waals surface area contributed by atoms with Crippen LogP contribution in [-0.2, 0) is 16.6 Å². The average molecular weight is 487 g/mol. The van der Waals surface area contributed by atoms with E-state index in [0.717, 1.165) is 39.1 Å². The molecule has 5 rings (SSSR count). The number of para-hydroxylation sites is 1. The summed E-state index contributed by atoms with van der Waals surface area (Å²) in [5.74, 6) is -0.115. The number of nitrogens with one attached hydrogen (secondary N) is 2. The topological polar surface area (TPSA) is 101 Å². The summed E-state index contributed by atoms with van der Waals surface area (Å²) in [6.07, 6.45) is 6.47. The number of hydrogen-bond donors (Lipinski definition) is 3. The first-order valence-corrected chi connectivity index (χ1v) is 11.9. The highest BCUT2D eigenvalue weighted by atomic mass is 35.5. The number of nitrogens with zero attached hydrogens (tertiary/aromatic N) is 3. The van der Waals surface area contributed by atoms with Crippen LogP contribution in [0.15, 0.2) is 67.1 Å². The molecular weight excluding hydrogens is 460 g/mol. The summed E-state index contributed by atoms with van der Waals surface area (Å²) in [5.41, 5.74) is 10.9. The van der Waals surface area contributed by atoms with Crippen LogP contribution in [0, 0.1) is 0 Å². The summed E-state index contributed by atoms with van der Waals surface area (Å²) >= 11 is 6.11. The van der Waals surface area contributed by atoms with Gasteiger partial charge in [-0.1, -0.05) is 41.9 Å². The fourth-order valence-corrected chi connectivity index (χ4v) is 4.35. The highest BCUT2D eigenvalue weighted by molar-refractivity contribution is 6.30. The van der Waals surface area contributed by atoms with E-state index in [9.17, 15) is 4.79 Å². The number of imidazole rings is 1. The largest absolute Gasteiger partial charge is 0.361 e. The van der Waals surface area contributed by atoms with Crippen LogP contribution in [0.1, 0.15) is 30.8 Å². The maximum Gasteiger partial charge on any atom is 0.231 e. The molecule has 0 aliphatic heterocycles. The average Bonchev–Trinajstić information content (AvgIpc) is 3.48. The van der Waals surface area contributed by atoms with Crippen LogP contribution in [0.3, 0.4) is 0 Å². The number of hydrogen-bond acceptors (Lipinski definition) is 4. The van der Waals surface area contributed by atoms with E-state index in [-0.39, 0.29) is 5.91 Å². The molecule has 0 saturated carbocycles. The fourth-order valence-electron chi connectivity index (χ4n) is 4.22. The molecule has 35 heavy (non-hydrogen) atoms. The van der Waals surface area contributed by atoms with Crippen molar-refractivity contribution < 1.29 is 4.79 Å². The van der Waals surface area contributed by atoms with Gasteiger partial charge in [-0.05, 0) is 37.6 Å². The van der Waals surface area contributed by atoms with Gasteiger partial charge in [0.25, 0.3) is 0 Å². The van der Waals surface area contributed by atoms with Gasteiger partial charge in [-0.2, -0.15) is 0 Å². The highest BCUT2D eigenvalue weighted by Crippen LogP contribution is 2.29. The third kappa shape index (κ3) is 4.40. The number of carbonyl (C=O) groups excluding carboxylic acids is 1. The normalized spacial score (nSPS) is 11.9. The maximum absolute atomic E-state index is 12.9. The lowest BCUT2D eigenvalue weighted by molar-refractivity contribution is -0.125. The molecule has 0 aliphatic rings. The lowest BCUT2D eigenvalue weighted by atomic mass is 9.89. The first-order chi connectivity index (χ1) is 16.9. The van der Waals surface area contributed by atoms with Crippen molar-refractivity contribution in [1.29, 1.82) is 0 Å². The second-order valence-corrected chi connectivity index (χ2v) is 9.58. The van der Waals surface area contributed by atoms with Gasteiger partial charge in [0.05, 0.1) is 22.5 Å². The summed E-state index contributed by atoms with van der Waals surface area (Å²) < 4.78 is 1.97. The lowest BCUT2D eigenvalue weighted by Gasteiger charge is -2.21. The summed E-state index contributed by atoms with van der Waals surface area (Å²) in [7, 11) is 0. The van der Waals surface area contributed by atoms with Crippen LogP contribution in [-0.4, -0.2) is 38.3 Å². The van der Waals surface area contributed by atoms with Gasteiger partial charge in [0.1, 0.15) is 0 Å². The van der Waals surface area contributed by atoms with Gasteiger partial charge in [0, 0.05) is 59.6 Å². The molecule has 178 valence electrons. The van der Waals surface area contributed by atoms with E-state index in [4.69, 9.17) is 27.3 Å². The van der Waals surface area contributed by atoms with E-state index in [2.05, 4.69) is 22.4 Å². The van der Waals surface area contributed by atoms with Crippen LogP contribution in [0.5, 0.6) is 0 Å². The molecule has 7 nitrogen and oxygen atoms in total. The van der Waals surface area contributed by atoms with Crippen molar-refractivity contribution in [3.8, 4) is 11.3 Å². The van der Waals surface area contributed by atoms with Crippen LogP contribution in [0.25, 0.3) is 27.8 Å². The summed E-state index contributed by atoms with van der Waals surface area (Å²) in [5, 5.41) is 4.70. The third-order valence-electron chi connectivity index (χ3n) is 6.32. The van der Waals surface area contributed by atoms with E-state index >= 15 is 0 Å². The van der Waals surface area contributed by atoms with Gasteiger partial charge in [-0.25, -0.2) is 9.97 Å². The van der Waals surface area contributed by atoms with Gasteiger partial charge in [-0.3, -0.25) is 4.79 Å². The minimum Gasteiger partial charge on any atom is -0.361 e. The smallest absolute Gasteiger partial charge is 0.231 e. The molecule has 3 aromatic heterocycles. The number of H-pyrrole nitrogens is 1. The first kappa shape index (κ1) is 23.1. The van der Waals surface area contributed by atoms with E-state index in [0.29, 0.717) is 30.2 Å². The molecule has 0 unspecified atom stereocenters. The molecule has 0 radical (unpaired) electrons. The molecule has 2 aromatic carbocycles. The number of carbonyl (C=O) groups is 1. The zero-order chi connectivity index (χ0) is 24.6. The van der Waals surface area contributed by atoms with Gasteiger partial charge < -0.3 is 20.4 Å². The predicted molar refractivity (Wildman–Crippen MR) is 140 cm³/mol. The van der Waals surface area contributed by atoms with Crippen molar-refractivity contribution >= 4 is 34.1 Å². The van der Waals surface area contributed by atoms with Gasteiger partial charge in [0.15, 0.2) is 5.65 Å². The number of rotatable bonds is 7. The Bertz CT molecular complexity index is 1520. The van der Waals surface area contributed by atoms with Crippen molar-refractivity contribution in [2.75, 3.05) is 13.1 Å². The minimum atomic E-state index is -0.834. The number of amides is 1. The van der Waals surface area contributed by atoms with Crippen LogP contribution in [0.2, 0.25) is 5.02 Å². The molecule has 3 heterocycles. The minimum absolute atomic E-state index is 0.115. The summed E-state index contributed by atoms with van der Waals surface area (Å²) in [6, 6.07) is 15.8. The Labute approximate surface area is 208 Å². The Morgan fingerprint density at radius 2 is 1.89 bits per heavy atom. The zero-order valence-corrected chi connectivity index (χ0v) is 20.4. The number of benzene rings is 2. The number of aromatic amines is 1. The molecule has 4 N–H and O–H groups in total. The van der Waals surface area contributed by atoms with Crippen molar-refractivity contribution in [2.45, 2.75) is 25.7 Å². The molecule has 8 heteroatoms. The van der Waals surface area contributed by atoms with Crippen molar-refractivity contribution in [1.82, 2.24) is 24.7 Å². The van der Waals surface area contributed by atoms with Crippen molar-refractivity contribution in [3.05, 3.63) is 89.1 Å². The Balaban J connectivity index is 1.64. The first-order valence-electron chi connectivity index (χ1n) is 11.5. The van der Waals surface area contributed by atoms with Crippen LogP contribution in [0.4, 0.5) is 0 Å². The SMILES string of the molecule is CC(C)(C(=O)NCCN)c1cn2cc(-c3ccc(Cl)cc3)nc(Cc3c[nH]c4ccccc34)c2n1. The molecule has 0 aliphatic carbocycles. The Hall–Kier alpha value is -3.68. The molecule has 1 amide bonds. The Kier molecular flexibility index (Phi) is 6.05. The maximum atomic E-state index is 12.9. The monoisotopic (exact) mass is 486 g/mol. The molecule has 0 bridgehead atoms. The standard InChI is InChI=1S/C27H27ClN6O/c1-27(2,26(35)30-12-11-29)24-16-34-15-23(17-7-9-19(28)10-8-17)32-22(25(34)33-24)13-18-14-31-21-6-4-3-5-20(18)21/h3-10,14-16,31H,11-13,29H2,1-2H3,(H,30,35). The number of nitrogens with two attached hydrogens (primary N) is 1. The molecular formula is C27H27ClN6O. The molecule has 0 saturated heterocycles. The van der Waals surface area contributed by atoms with Gasteiger partial charge in [-0.15, -0.1) is 0 Å². The molecule has 0 fully saturated rings. The molecule has 0 spiro atoms.